The third kappa shape index (κ3) is 2.68. The molecule has 1 heterocycles. The number of benzene rings is 1. The van der Waals surface area contributed by atoms with Crippen molar-refractivity contribution >= 4 is 33.2 Å². The van der Waals surface area contributed by atoms with Crippen LogP contribution in [0.4, 0.5) is 15.8 Å². The van der Waals surface area contributed by atoms with Crippen molar-refractivity contribution in [2.24, 2.45) is 0 Å². The Labute approximate surface area is 120 Å². The Balaban J connectivity index is 2.35. The second-order valence-electron chi connectivity index (χ2n) is 4.91. The van der Waals surface area contributed by atoms with E-state index in [1.54, 1.807) is 25.1 Å². The lowest BCUT2D eigenvalue weighted by atomic mass is 10.1. The van der Waals surface area contributed by atoms with Crippen LogP contribution in [0.5, 0.6) is 0 Å². The molecule has 2 N–H and O–H groups in total. The zero-order valence-corrected chi connectivity index (χ0v) is 12.6. The van der Waals surface area contributed by atoms with Crippen molar-refractivity contribution < 1.29 is 9.18 Å². The molecule has 6 heteroatoms. The zero-order valence-electron chi connectivity index (χ0n) is 11.0. The Hall–Kier alpha value is -1.30. The molecule has 0 bridgehead atoms. The highest BCUT2D eigenvalue weighted by molar-refractivity contribution is 9.10. The average Bonchev–Trinajstić information content (AvgIpc) is 2.81. The van der Waals surface area contributed by atoms with Gasteiger partial charge < -0.3 is 15.5 Å². The van der Waals surface area contributed by atoms with Crippen LogP contribution in [0.25, 0.3) is 0 Å². The average molecular weight is 330 g/mol. The van der Waals surface area contributed by atoms with E-state index in [0.717, 1.165) is 19.4 Å². The molecule has 1 aromatic carbocycles. The maximum Gasteiger partial charge on any atom is 0.244 e. The molecule has 1 atom stereocenters. The minimum atomic E-state index is -0.368. The first-order valence-electron chi connectivity index (χ1n) is 6.14. The quantitative estimate of drug-likeness (QED) is 0.846. The van der Waals surface area contributed by atoms with E-state index >= 15 is 0 Å². The summed E-state index contributed by atoms with van der Waals surface area (Å²) in [6, 6.07) is 2.68. The summed E-state index contributed by atoms with van der Waals surface area (Å²) in [5.41, 5.74) is 7.02. The van der Waals surface area contributed by atoms with Gasteiger partial charge in [0.1, 0.15) is 11.9 Å². The lowest BCUT2D eigenvalue weighted by molar-refractivity contribution is -0.129. The standard InChI is InChI=1S/C13H17BrFN3O/c1-17(2)13(19)11-4-3-5-18(11)12-7-9(15)8(14)6-10(12)16/h6-7,11H,3-5,16H2,1-2H3. The number of hydrogen-bond acceptors (Lipinski definition) is 3. The molecule has 1 saturated heterocycles. The van der Waals surface area contributed by atoms with Crippen molar-refractivity contribution in [3.8, 4) is 0 Å². The molecule has 1 aromatic rings. The zero-order chi connectivity index (χ0) is 14.2. The number of carbonyl (C=O) groups is 1. The van der Waals surface area contributed by atoms with Gasteiger partial charge in [0.25, 0.3) is 0 Å². The van der Waals surface area contributed by atoms with Gasteiger partial charge in [0, 0.05) is 26.7 Å². The summed E-state index contributed by atoms with van der Waals surface area (Å²) in [5, 5.41) is 0. The molecular weight excluding hydrogens is 313 g/mol. The third-order valence-corrected chi connectivity index (χ3v) is 3.97. The van der Waals surface area contributed by atoms with Gasteiger partial charge in [-0.3, -0.25) is 4.79 Å². The second-order valence-corrected chi connectivity index (χ2v) is 5.76. The number of nitrogen functional groups attached to an aromatic ring is 1. The van der Waals surface area contributed by atoms with E-state index in [9.17, 15) is 9.18 Å². The van der Waals surface area contributed by atoms with Gasteiger partial charge >= 0.3 is 0 Å². The Morgan fingerprint density at radius 2 is 2.21 bits per heavy atom. The number of halogens is 2. The predicted octanol–water partition coefficient (Wildman–Crippen LogP) is 2.23. The second kappa shape index (κ2) is 5.36. The molecule has 4 nitrogen and oxygen atoms in total. The smallest absolute Gasteiger partial charge is 0.244 e. The van der Waals surface area contributed by atoms with Gasteiger partial charge in [0.15, 0.2) is 0 Å². The molecule has 0 radical (unpaired) electrons. The summed E-state index contributed by atoms with van der Waals surface area (Å²) in [5.74, 6) is -0.340. The van der Waals surface area contributed by atoms with Crippen LogP contribution in [0, 0.1) is 5.82 Å². The number of hydrogen-bond donors (Lipinski definition) is 1. The summed E-state index contributed by atoms with van der Waals surface area (Å²) < 4.78 is 14.0. The topological polar surface area (TPSA) is 49.6 Å². The summed E-state index contributed by atoms with van der Waals surface area (Å²) in [7, 11) is 3.45. The Kier molecular flexibility index (Phi) is 3.99. The fraction of sp³-hybridized carbons (Fsp3) is 0.462. The normalized spacial score (nSPS) is 18.7. The van der Waals surface area contributed by atoms with Crippen LogP contribution >= 0.6 is 15.9 Å². The Bertz CT molecular complexity index is 507. The van der Waals surface area contributed by atoms with E-state index in [2.05, 4.69) is 15.9 Å². The lowest BCUT2D eigenvalue weighted by Crippen LogP contribution is -2.43. The monoisotopic (exact) mass is 329 g/mol. The molecule has 2 rings (SSSR count). The van der Waals surface area contributed by atoms with Crippen molar-refractivity contribution in [3.63, 3.8) is 0 Å². The van der Waals surface area contributed by atoms with Crippen molar-refractivity contribution in [2.45, 2.75) is 18.9 Å². The summed E-state index contributed by atoms with van der Waals surface area (Å²) in [6.45, 7) is 0.718. The van der Waals surface area contributed by atoms with Crippen LogP contribution in [-0.4, -0.2) is 37.5 Å². The largest absolute Gasteiger partial charge is 0.397 e. The minimum absolute atomic E-state index is 0.0280. The molecule has 1 aliphatic rings. The van der Waals surface area contributed by atoms with E-state index in [-0.39, 0.29) is 17.8 Å². The van der Waals surface area contributed by atoms with Crippen LogP contribution < -0.4 is 10.6 Å². The molecule has 19 heavy (non-hydrogen) atoms. The Morgan fingerprint density at radius 1 is 1.53 bits per heavy atom. The van der Waals surface area contributed by atoms with Gasteiger partial charge in [0.05, 0.1) is 15.8 Å². The maximum absolute atomic E-state index is 13.7. The van der Waals surface area contributed by atoms with Gasteiger partial charge in [-0.25, -0.2) is 4.39 Å². The van der Waals surface area contributed by atoms with E-state index in [4.69, 9.17) is 5.73 Å². The molecule has 1 fully saturated rings. The highest BCUT2D eigenvalue weighted by Crippen LogP contribution is 2.34. The lowest BCUT2D eigenvalue weighted by Gasteiger charge is -2.29. The van der Waals surface area contributed by atoms with Crippen LogP contribution in [-0.2, 0) is 4.79 Å². The number of nitrogens with zero attached hydrogens (tertiary/aromatic N) is 2. The predicted molar refractivity (Wildman–Crippen MR) is 77.6 cm³/mol. The van der Waals surface area contributed by atoms with E-state index < -0.39 is 0 Å². The number of amides is 1. The fourth-order valence-electron chi connectivity index (χ4n) is 2.41. The molecule has 0 aliphatic carbocycles. The third-order valence-electron chi connectivity index (χ3n) is 3.36. The van der Waals surface area contributed by atoms with Crippen molar-refractivity contribution in [1.82, 2.24) is 4.90 Å². The van der Waals surface area contributed by atoms with Crippen LogP contribution in [0.1, 0.15) is 12.8 Å². The SMILES string of the molecule is CN(C)C(=O)C1CCCN1c1cc(F)c(Br)cc1N. The highest BCUT2D eigenvalue weighted by Gasteiger charge is 2.33. The molecule has 1 aliphatic heterocycles. The van der Waals surface area contributed by atoms with Crippen molar-refractivity contribution in [3.05, 3.63) is 22.4 Å². The maximum atomic E-state index is 13.7. The van der Waals surface area contributed by atoms with E-state index in [0.29, 0.717) is 15.8 Å². The molecular formula is C13H17BrFN3O. The van der Waals surface area contributed by atoms with Crippen LogP contribution in [0.15, 0.2) is 16.6 Å². The first-order chi connectivity index (χ1) is 8.91. The number of anilines is 2. The first kappa shape index (κ1) is 14.1. The molecule has 1 unspecified atom stereocenters. The fourth-order valence-corrected chi connectivity index (χ4v) is 2.77. The molecule has 0 saturated carbocycles. The molecule has 1 amide bonds. The number of carbonyl (C=O) groups excluding carboxylic acids is 1. The van der Waals surface area contributed by atoms with E-state index in [1.807, 2.05) is 4.90 Å². The van der Waals surface area contributed by atoms with Gasteiger partial charge in [-0.15, -0.1) is 0 Å². The highest BCUT2D eigenvalue weighted by atomic mass is 79.9. The molecule has 0 aromatic heterocycles. The van der Waals surface area contributed by atoms with Gasteiger partial charge in [-0.1, -0.05) is 0 Å². The van der Waals surface area contributed by atoms with Crippen LogP contribution in [0.2, 0.25) is 0 Å². The number of nitrogens with two attached hydrogens (primary N) is 1. The Morgan fingerprint density at radius 3 is 2.84 bits per heavy atom. The van der Waals surface area contributed by atoms with Crippen molar-refractivity contribution in [2.75, 3.05) is 31.3 Å². The number of likely N-dealkylation sites (N-methyl/N-ethyl adjacent to an activating group) is 1. The van der Waals surface area contributed by atoms with Crippen LogP contribution in [0.3, 0.4) is 0 Å². The van der Waals surface area contributed by atoms with Gasteiger partial charge in [-0.2, -0.15) is 0 Å². The summed E-state index contributed by atoms with van der Waals surface area (Å²) >= 11 is 3.11. The summed E-state index contributed by atoms with van der Waals surface area (Å²) in [4.78, 5) is 15.6. The molecule has 104 valence electrons. The number of rotatable bonds is 2. The minimum Gasteiger partial charge on any atom is -0.397 e. The molecule has 0 spiro atoms. The van der Waals surface area contributed by atoms with Crippen molar-refractivity contribution in [1.29, 1.82) is 0 Å². The summed E-state index contributed by atoms with van der Waals surface area (Å²) in [6.07, 6.45) is 1.68. The van der Waals surface area contributed by atoms with E-state index in [1.165, 1.54) is 6.07 Å². The van der Waals surface area contributed by atoms with Gasteiger partial charge in [-0.05, 0) is 34.8 Å². The first-order valence-corrected chi connectivity index (χ1v) is 6.93. The van der Waals surface area contributed by atoms with Gasteiger partial charge in [0.2, 0.25) is 5.91 Å².